The smallest absolute Gasteiger partial charge is 0.321 e. The summed E-state index contributed by atoms with van der Waals surface area (Å²) in [5.74, 6) is -1.57. The summed E-state index contributed by atoms with van der Waals surface area (Å²) in [5, 5.41) is 4.60. The van der Waals surface area contributed by atoms with Crippen molar-refractivity contribution in [2.45, 2.75) is 44.4 Å². The van der Waals surface area contributed by atoms with Crippen LogP contribution in [0.3, 0.4) is 0 Å². The van der Waals surface area contributed by atoms with Crippen molar-refractivity contribution >= 4 is 17.9 Å². The Morgan fingerprint density at radius 2 is 1.80 bits per heavy atom. The number of carbonyl (C=O) groups is 3. The predicted octanol–water partition coefficient (Wildman–Crippen LogP) is 2.42. The fourth-order valence-corrected chi connectivity index (χ4v) is 3.07. The SMILES string of the molecule is CCCNC(=O)NC(=O)COC(=O)C1(c2ccc(F)cc2)CCCC1. The van der Waals surface area contributed by atoms with Gasteiger partial charge in [0.2, 0.25) is 0 Å². The van der Waals surface area contributed by atoms with E-state index in [4.69, 9.17) is 4.74 Å². The van der Waals surface area contributed by atoms with Crippen molar-refractivity contribution in [2.24, 2.45) is 0 Å². The second-order valence-corrected chi connectivity index (χ2v) is 6.18. The molecule has 1 aliphatic rings. The number of benzene rings is 1. The van der Waals surface area contributed by atoms with E-state index in [1.165, 1.54) is 12.1 Å². The highest BCUT2D eigenvalue weighted by molar-refractivity contribution is 5.96. The van der Waals surface area contributed by atoms with Crippen LogP contribution in [0.4, 0.5) is 9.18 Å². The number of rotatable bonds is 6. The molecule has 1 saturated carbocycles. The third-order valence-electron chi connectivity index (χ3n) is 4.37. The average Bonchev–Trinajstić information content (AvgIpc) is 3.09. The molecule has 1 aromatic rings. The first-order chi connectivity index (χ1) is 12.0. The van der Waals surface area contributed by atoms with Crippen LogP contribution in [0.25, 0.3) is 0 Å². The van der Waals surface area contributed by atoms with Crippen molar-refractivity contribution in [1.29, 1.82) is 0 Å². The molecule has 1 aliphatic carbocycles. The lowest BCUT2D eigenvalue weighted by Crippen LogP contribution is -2.43. The number of hydrogen-bond acceptors (Lipinski definition) is 4. The van der Waals surface area contributed by atoms with Crippen LogP contribution in [0.5, 0.6) is 0 Å². The lowest BCUT2D eigenvalue weighted by Gasteiger charge is -2.27. The molecule has 0 atom stereocenters. The molecule has 136 valence electrons. The Morgan fingerprint density at radius 3 is 2.40 bits per heavy atom. The van der Waals surface area contributed by atoms with E-state index in [1.54, 1.807) is 12.1 Å². The Bertz CT molecular complexity index is 624. The number of ether oxygens (including phenoxy) is 1. The highest BCUT2D eigenvalue weighted by atomic mass is 19.1. The maximum absolute atomic E-state index is 13.2. The number of amides is 3. The van der Waals surface area contributed by atoms with E-state index >= 15 is 0 Å². The molecule has 6 nitrogen and oxygen atoms in total. The number of hydrogen-bond donors (Lipinski definition) is 2. The van der Waals surface area contributed by atoms with Crippen molar-refractivity contribution in [2.75, 3.05) is 13.2 Å². The Hall–Kier alpha value is -2.44. The summed E-state index contributed by atoms with van der Waals surface area (Å²) in [6.07, 6.45) is 3.65. The highest BCUT2D eigenvalue weighted by Gasteiger charge is 2.44. The number of urea groups is 1. The van der Waals surface area contributed by atoms with Gasteiger partial charge in [-0.3, -0.25) is 14.9 Å². The van der Waals surface area contributed by atoms with Gasteiger partial charge in [-0.15, -0.1) is 0 Å². The first-order valence-corrected chi connectivity index (χ1v) is 8.49. The molecule has 0 saturated heterocycles. The first-order valence-electron chi connectivity index (χ1n) is 8.49. The molecule has 0 spiro atoms. The summed E-state index contributed by atoms with van der Waals surface area (Å²) in [4.78, 5) is 35.8. The minimum atomic E-state index is -0.849. The van der Waals surface area contributed by atoms with Crippen LogP contribution in [-0.4, -0.2) is 31.1 Å². The summed E-state index contributed by atoms with van der Waals surface area (Å²) in [6, 6.07) is 5.18. The summed E-state index contributed by atoms with van der Waals surface area (Å²) in [6.45, 7) is 1.81. The molecular weight excluding hydrogens is 327 g/mol. The zero-order valence-corrected chi connectivity index (χ0v) is 14.3. The Kier molecular flexibility index (Phi) is 6.50. The number of halogens is 1. The van der Waals surface area contributed by atoms with Gasteiger partial charge in [-0.25, -0.2) is 9.18 Å². The third-order valence-corrected chi connectivity index (χ3v) is 4.37. The van der Waals surface area contributed by atoms with E-state index in [1.807, 2.05) is 6.92 Å². The predicted molar refractivity (Wildman–Crippen MR) is 89.3 cm³/mol. The fraction of sp³-hybridized carbons (Fsp3) is 0.500. The lowest BCUT2D eigenvalue weighted by molar-refractivity contribution is -0.154. The van der Waals surface area contributed by atoms with Gasteiger partial charge in [-0.05, 0) is 37.0 Å². The van der Waals surface area contributed by atoms with Crippen molar-refractivity contribution in [3.05, 3.63) is 35.6 Å². The number of nitrogens with one attached hydrogen (secondary N) is 2. The molecule has 7 heteroatoms. The van der Waals surface area contributed by atoms with Crippen LogP contribution in [-0.2, 0) is 19.7 Å². The molecule has 0 radical (unpaired) electrons. The molecule has 2 rings (SSSR count). The van der Waals surface area contributed by atoms with Crippen LogP contribution in [0.1, 0.15) is 44.6 Å². The number of esters is 1. The molecule has 0 aromatic heterocycles. The molecule has 0 aliphatic heterocycles. The molecular formula is C18H23FN2O4. The van der Waals surface area contributed by atoms with Crippen LogP contribution in [0, 0.1) is 5.82 Å². The fourth-order valence-electron chi connectivity index (χ4n) is 3.07. The normalized spacial score (nSPS) is 15.4. The topological polar surface area (TPSA) is 84.5 Å². The molecule has 1 fully saturated rings. The van der Waals surface area contributed by atoms with Gasteiger partial charge in [0.05, 0.1) is 5.41 Å². The molecule has 0 unspecified atom stereocenters. The molecule has 0 bridgehead atoms. The van der Waals surface area contributed by atoms with Gasteiger partial charge in [0.15, 0.2) is 6.61 Å². The third kappa shape index (κ3) is 4.78. The Balaban J connectivity index is 1.96. The van der Waals surface area contributed by atoms with Crippen LogP contribution in [0.15, 0.2) is 24.3 Å². The van der Waals surface area contributed by atoms with E-state index in [0.29, 0.717) is 24.9 Å². The van der Waals surface area contributed by atoms with Gasteiger partial charge in [-0.1, -0.05) is 31.9 Å². The zero-order chi connectivity index (χ0) is 18.3. The molecule has 25 heavy (non-hydrogen) atoms. The number of carbonyl (C=O) groups excluding carboxylic acids is 3. The summed E-state index contributed by atoms with van der Waals surface area (Å²) in [5.41, 5.74) is -0.157. The van der Waals surface area contributed by atoms with Crippen LogP contribution in [0.2, 0.25) is 0 Å². The van der Waals surface area contributed by atoms with E-state index in [2.05, 4.69) is 10.6 Å². The van der Waals surface area contributed by atoms with E-state index < -0.39 is 29.9 Å². The second-order valence-electron chi connectivity index (χ2n) is 6.18. The quantitative estimate of drug-likeness (QED) is 0.772. The minimum Gasteiger partial charge on any atom is -0.455 e. The highest BCUT2D eigenvalue weighted by Crippen LogP contribution is 2.42. The Morgan fingerprint density at radius 1 is 1.16 bits per heavy atom. The van der Waals surface area contributed by atoms with E-state index in [-0.39, 0.29) is 5.82 Å². The largest absolute Gasteiger partial charge is 0.455 e. The van der Waals surface area contributed by atoms with E-state index in [9.17, 15) is 18.8 Å². The summed E-state index contributed by atoms with van der Waals surface area (Å²) in [7, 11) is 0. The van der Waals surface area contributed by atoms with Crippen LogP contribution >= 0.6 is 0 Å². The van der Waals surface area contributed by atoms with Crippen LogP contribution < -0.4 is 10.6 Å². The monoisotopic (exact) mass is 350 g/mol. The van der Waals surface area contributed by atoms with Gasteiger partial charge in [0.1, 0.15) is 5.82 Å². The number of imide groups is 1. The van der Waals surface area contributed by atoms with Gasteiger partial charge in [0, 0.05) is 6.54 Å². The zero-order valence-electron chi connectivity index (χ0n) is 14.3. The van der Waals surface area contributed by atoms with Crippen molar-refractivity contribution in [1.82, 2.24) is 10.6 Å². The minimum absolute atomic E-state index is 0.372. The maximum atomic E-state index is 13.2. The van der Waals surface area contributed by atoms with Crippen molar-refractivity contribution < 1.29 is 23.5 Å². The van der Waals surface area contributed by atoms with Gasteiger partial charge < -0.3 is 10.1 Å². The Labute approximate surface area is 146 Å². The average molecular weight is 350 g/mol. The summed E-state index contributed by atoms with van der Waals surface area (Å²) >= 11 is 0. The van der Waals surface area contributed by atoms with Crippen molar-refractivity contribution in [3.8, 4) is 0 Å². The molecule has 2 N–H and O–H groups in total. The maximum Gasteiger partial charge on any atom is 0.321 e. The lowest BCUT2D eigenvalue weighted by atomic mass is 9.79. The van der Waals surface area contributed by atoms with Gasteiger partial charge >= 0.3 is 12.0 Å². The second kappa shape index (κ2) is 8.60. The van der Waals surface area contributed by atoms with Gasteiger partial charge in [0.25, 0.3) is 5.91 Å². The first kappa shape index (κ1) is 18.9. The van der Waals surface area contributed by atoms with Crippen molar-refractivity contribution in [3.63, 3.8) is 0 Å². The molecule has 0 heterocycles. The molecule has 3 amide bonds. The standard InChI is InChI=1S/C18H23FN2O4/c1-2-11-20-17(24)21-15(22)12-25-16(23)18(9-3-4-10-18)13-5-7-14(19)8-6-13/h5-8H,2-4,9-12H2,1H3,(H2,20,21,22,24). The van der Waals surface area contributed by atoms with Gasteiger partial charge in [-0.2, -0.15) is 0 Å². The van der Waals surface area contributed by atoms with E-state index in [0.717, 1.165) is 19.3 Å². The summed E-state index contributed by atoms with van der Waals surface area (Å²) < 4.78 is 18.3. The molecule has 1 aromatic carbocycles.